The van der Waals surface area contributed by atoms with E-state index in [4.69, 9.17) is 0 Å². The molecule has 0 aliphatic carbocycles. The molecule has 0 amide bonds. The highest BCUT2D eigenvalue weighted by atomic mass is 32.2. The van der Waals surface area contributed by atoms with E-state index in [0.717, 1.165) is 26.1 Å². The summed E-state index contributed by atoms with van der Waals surface area (Å²) in [7, 11) is -0.679. The van der Waals surface area contributed by atoms with Gasteiger partial charge in [-0.15, -0.1) is 0 Å². The highest BCUT2D eigenvalue weighted by Crippen LogP contribution is 2.11. The SMILES string of the molecule is CCC1CN(CCC(C)S(C)=O)C(C)CN1. The molecule has 0 saturated carbocycles. The normalized spacial score (nSPS) is 31.2. The van der Waals surface area contributed by atoms with Gasteiger partial charge in [-0.1, -0.05) is 13.8 Å². The Bertz CT molecular complexity index is 235. The molecule has 1 saturated heterocycles. The first-order valence-corrected chi connectivity index (χ1v) is 7.96. The molecule has 4 atom stereocenters. The lowest BCUT2D eigenvalue weighted by Crippen LogP contribution is -2.55. The van der Waals surface area contributed by atoms with Crippen molar-refractivity contribution in [3.05, 3.63) is 0 Å². The minimum atomic E-state index is -0.679. The second-order valence-corrected chi connectivity index (χ2v) is 6.76. The van der Waals surface area contributed by atoms with Crippen LogP contribution in [0.5, 0.6) is 0 Å². The van der Waals surface area contributed by atoms with E-state index in [-0.39, 0.29) is 0 Å². The molecular formula is C12H26N2OS. The molecule has 0 bridgehead atoms. The lowest BCUT2D eigenvalue weighted by Gasteiger charge is -2.38. The number of rotatable bonds is 5. The maximum absolute atomic E-state index is 11.3. The summed E-state index contributed by atoms with van der Waals surface area (Å²) in [6.07, 6.45) is 4.04. The van der Waals surface area contributed by atoms with Crippen LogP contribution in [0.1, 0.15) is 33.6 Å². The summed E-state index contributed by atoms with van der Waals surface area (Å²) in [6.45, 7) is 9.89. The molecule has 0 aromatic rings. The van der Waals surface area contributed by atoms with Gasteiger partial charge in [-0.05, 0) is 26.3 Å². The zero-order valence-electron chi connectivity index (χ0n) is 11.0. The summed E-state index contributed by atoms with van der Waals surface area (Å²) in [5.41, 5.74) is 0. The first kappa shape index (κ1) is 14.1. The van der Waals surface area contributed by atoms with Gasteiger partial charge < -0.3 is 5.32 Å². The molecule has 4 unspecified atom stereocenters. The number of nitrogens with zero attached hydrogens (tertiary/aromatic N) is 1. The van der Waals surface area contributed by atoms with E-state index in [1.807, 2.05) is 0 Å². The van der Waals surface area contributed by atoms with Crippen LogP contribution in [0.2, 0.25) is 0 Å². The van der Waals surface area contributed by atoms with E-state index in [1.165, 1.54) is 6.42 Å². The summed E-state index contributed by atoms with van der Waals surface area (Å²) in [5, 5.41) is 3.88. The van der Waals surface area contributed by atoms with Crippen molar-refractivity contribution < 1.29 is 4.21 Å². The highest BCUT2D eigenvalue weighted by Gasteiger charge is 2.23. The van der Waals surface area contributed by atoms with E-state index < -0.39 is 10.8 Å². The second kappa shape index (κ2) is 6.72. The molecular weight excluding hydrogens is 220 g/mol. The molecule has 3 nitrogen and oxygen atoms in total. The van der Waals surface area contributed by atoms with Gasteiger partial charge in [0.25, 0.3) is 0 Å². The molecule has 0 radical (unpaired) electrons. The van der Waals surface area contributed by atoms with Crippen LogP contribution in [0.25, 0.3) is 0 Å². The predicted octanol–water partition coefficient (Wildman–Crippen LogP) is 1.22. The van der Waals surface area contributed by atoms with Gasteiger partial charge >= 0.3 is 0 Å². The Morgan fingerprint density at radius 2 is 2.25 bits per heavy atom. The first-order chi connectivity index (χ1) is 7.54. The zero-order chi connectivity index (χ0) is 12.1. The minimum Gasteiger partial charge on any atom is -0.311 e. The van der Waals surface area contributed by atoms with Gasteiger partial charge in [0.2, 0.25) is 0 Å². The van der Waals surface area contributed by atoms with Gasteiger partial charge in [0.1, 0.15) is 0 Å². The van der Waals surface area contributed by atoms with Gasteiger partial charge in [-0.2, -0.15) is 0 Å². The Balaban J connectivity index is 2.36. The van der Waals surface area contributed by atoms with Crippen LogP contribution in [-0.2, 0) is 10.8 Å². The third-order valence-electron chi connectivity index (χ3n) is 3.66. The fourth-order valence-corrected chi connectivity index (χ4v) is 2.53. The number of hydrogen-bond donors (Lipinski definition) is 1. The smallest absolute Gasteiger partial charge is 0.0329 e. The van der Waals surface area contributed by atoms with Crippen LogP contribution in [0, 0.1) is 0 Å². The molecule has 16 heavy (non-hydrogen) atoms. The van der Waals surface area contributed by atoms with E-state index in [0.29, 0.717) is 17.3 Å². The Hall–Kier alpha value is 0.0700. The Morgan fingerprint density at radius 3 is 2.81 bits per heavy atom. The molecule has 0 aromatic heterocycles. The molecule has 0 aromatic carbocycles. The van der Waals surface area contributed by atoms with Crippen LogP contribution < -0.4 is 5.32 Å². The van der Waals surface area contributed by atoms with Crippen molar-refractivity contribution in [3.63, 3.8) is 0 Å². The van der Waals surface area contributed by atoms with Crippen molar-refractivity contribution in [1.82, 2.24) is 10.2 Å². The summed E-state index contributed by atoms with van der Waals surface area (Å²) >= 11 is 0. The topological polar surface area (TPSA) is 32.3 Å². The van der Waals surface area contributed by atoms with E-state index >= 15 is 0 Å². The molecule has 1 fully saturated rings. The Morgan fingerprint density at radius 1 is 1.56 bits per heavy atom. The first-order valence-electron chi connectivity index (χ1n) is 6.34. The largest absolute Gasteiger partial charge is 0.311 e. The van der Waals surface area contributed by atoms with Crippen molar-refractivity contribution in [2.45, 2.75) is 50.9 Å². The minimum absolute atomic E-state index is 0.321. The lowest BCUT2D eigenvalue weighted by molar-refractivity contribution is 0.138. The summed E-state index contributed by atoms with van der Waals surface area (Å²) in [4.78, 5) is 2.54. The van der Waals surface area contributed by atoms with Crippen LogP contribution >= 0.6 is 0 Å². The third kappa shape index (κ3) is 4.15. The average Bonchev–Trinajstić information content (AvgIpc) is 2.27. The maximum atomic E-state index is 11.3. The fraction of sp³-hybridized carbons (Fsp3) is 1.00. The Labute approximate surface area is 102 Å². The number of piperazine rings is 1. The monoisotopic (exact) mass is 246 g/mol. The molecule has 1 rings (SSSR count). The molecule has 96 valence electrons. The number of hydrogen-bond acceptors (Lipinski definition) is 3. The Kier molecular flexibility index (Phi) is 5.94. The summed E-state index contributed by atoms with van der Waals surface area (Å²) in [6, 6.07) is 1.25. The van der Waals surface area contributed by atoms with Gasteiger partial charge in [0.15, 0.2) is 0 Å². The summed E-state index contributed by atoms with van der Waals surface area (Å²) < 4.78 is 11.3. The average molecular weight is 246 g/mol. The molecule has 4 heteroatoms. The third-order valence-corrected chi connectivity index (χ3v) is 5.03. The predicted molar refractivity (Wildman–Crippen MR) is 71.3 cm³/mol. The van der Waals surface area contributed by atoms with Crippen LogP contribution in [0.15, 0.2) is 0 Å². The zero-order valence-corrected chi connectivity index (χ0v) is 11.8. The molecule has 1 aliphatic rings. The molecule has 1 heterocycles. The van der Waals surface area contributed by atoms with Gasteiger partial charge in [-0.3, -0.25) is 9.11 Å². The van der Waals surface area contributed by atoms with E-state index in [9.17, 15) is 4.21 Å². The van der Waals surface area contributed by atoms with E-state index in [2.05, 4.69) is 31.0 Å². The fourth-order valence-electron chi connectivity index (χ4n) is 2.09. The van der Waals surface area contributed by atoms with Crippen molar-refractivity contribution >= 4 is 10.8 Å². The summed E-state index contributed by atoms with van der Waals surface area (Å²) in [5.74, 6) is 0. The van der Waals surface area contributed by atoms with Crippen LogP contribution in [0.4, 0.5) is 0 Å². The van der Waals surface area contributed by atoms with Crippen molar-refractivity contribution in [2.75, 3.05) is 25.9 Å². The van der Waals surface area contributed by atoms with Crippen LogP contribution in [-0.4, -0.2) is 52.3 Å². The van der Waals surface area contributed by atoms with Crippen LogP contribution in [0.3, 0.4) is 0 Å². The number of nitrogens with one attached hydrogen (secondary N) is 1. The standard InChI is InChI=1S/C12H26N2OS/c1-5-12-9-14(10(2)8-13-12)7-6-11(3)16(4)15/h10-13H,5-9H2,1-4H3. The maximum Gasteiger partial charge on any atom is 0.0329 e. The highest BCUT2D eigenvalue weighted by molar-refractivity contribution is 7.84. The second-order valence-electron chi connectivity index (χ2n) is 4.96. The van der Waals surface area contributed by atoms with Crippen molar-refractivity contribution in [1.29, 1.82) is 0 Å². The van der Waals surface area contributed by atoms with E-state index in [1.54, 1.807) is 6.26 Å². The van der Waals surface area contributed by atoms with Gasteiger partial charge in [-0.25, -0.2) is 0 Å². The quantitative estimate of drug-likeness (QED) is 0.791. The molecule has 0 spiro atoms. The molecule has 1 aliphatic heterocycles. The van der Waals surface area contributed by atoms with Crippen molar-refractivity contribution in [2.24, 2.45) is 0 Å². The van der Waals surface area contributed by atoms with Gasteiger partial charge in [0.05, 0.1) is 0 Å². The van der Waals surface area contributed by atoms with Crippen molar-refractivity contribution in [3.8, 4) is 0 Å². The van der Waals surface area contributed by atoms with Gasteiger partial charge in [0, 0.05) is 47.5 Å². The molecule has 1 N–H and O–H groups in total. The lowest BCUT2D eigenvalue weighted by atomic mass is 10.1.